The van der Waals surface area contributed by atoms with Gasteiger partial charge in [0, 0.05) is 18.8 Å². The topological polar surface area (TPSA) is 106 Å². The molecule has 1 aromatic heterocycles. The van der Waals surface area contributed by atoms with Crippen LogP contribution in [-0.2, 0) is 11.0 Å². The normalized spacial score (nSPS) is 10.5. The standard InChI is InChI=1S/C6H10N2.H3O4P/c1-2-3-6-7-4-5-8-6;1-5(2,3)4/h4-5H,2-3H2,1H3,(H,7,8);(H3,1,2,3,4). The second kappa shape index (κ2) is 5.88. The van der Waals surface area contributed by atoms with Crippen LogP contribution < -0.4 is 0 Å². The van der Waals surface area contributed by atoms with Crippen LogP contribution >= 0.6 is 7.82 Å². The highest BCUT2D eigenvalue weighted by Crippen LogP contribution is 2.25. The zero-order valence-corrected chi connectivity index (χ0v) is 8.11. The van der Waals surface area contributed by atoms with Gasteiger partial charge in [-0.15, -0.1) is 0 Å². The van der Waals surface area contributed by atoms with Crippen LogP contribution in [0.15, 0.2) is 12.4 Å². The Morgan fingerprint density at radius 3 is 2.38 bits per heavy atom. The lowest BCUT2D eigenvalue weighted by Crippen LogP contribution is -1.83. The number of rotatable bonds is 2. The van der Waals surface area contributed by atoms with Crippen LogP contribution in [0.4, 0.5) is 0 Å². The molecule has 0 radical (unpaired) electrons. The lowest BCUT2D eigenvalue weighted by molar-refractivity contribution is 0.275. The molecule has 6 nitrogen and oxygen atoms in total. The molecule has 0 amide bonds. The molecule has 4 N–H and O–H groups in total. The summed E-state index contributed by atoms with van der Waals surface area (Å²) < 4.78 is 8.88. The lowest BCUT2D eigenvalue weighted by Gasteiger charge is -1.85. The summed E-state index contributed by atoms with van der Waals surface area (Å²) in [5.41, 5.74) is 0. The number of hydrogen-bond donors (Lipinski definition) is 4. The number of imidazole rings is 1. The van der Waals surface area contributed by atoms with E-state index in [1.54, 1.807) is 6.20 Å². The molecule has 7 heteroatoms. The predicted molar refractivity (Wildman–Crippen MR) is 46.8 cm³/mol. The Morgan fingerprint density at radius 2 is 2.08 bits per heavy atom. The zero-order chi connectivity index (χ0) is 10.3. The molecule has 0 aliphatic carbocycles. The molecule has 0 aliphatic rings. The van der Waals surface area contributed by atoms with E-state index in [0.717, 1.165) is 18.7 Å². The fraction of sp³-hybridized carbons (Fsp3) is 0.500. The maximum atomic E-state index is 8.88. The van der Waals surface area contributed by atoms with Gasteiger partial charge >= 0.3 is 7.82 Å². The first-order chi connectivity index (χ1) is 5.93. The average molecular weight is 208 g/mol. The van der Waals surface area contributed by atoms with Crippen molar-refractivity contribution < 1.29 is 19.2 Å². The van der Waals surface area contributed by atoms with E-state index in [4.69, 9.17) is 19.2 Å². The number of nitrogens with zero attached hydrogens (tertiary/aromatic N) is 1. The van der Waals surface area contributed by atoms with Crippen molar-refractivity contribution in [2.75, 3.05) is 0 Å². The van der Waals surface area contributed by atoms with Crippen molar-refractivity contribution >= 4 is 7.82 Å². The summed E-state index contributed by atoms with van der Waals surface area (Å²) in [4.78, 5) is 28.6. The van der Waals surface area contributed by atoms with Gasteiger partial charge in [0.2, 0.25) is 0 Å². The fourth-order valence-electron chi connectivity index (χ4n) is 0.671. The van der Waals surface area contributed by atoms with Crippen molar-refractivity contribution in [2.45, 2.75) is 19.8 Å². The van der Waals surface area contributed by atoms with Crippen LogP contribution in [-0.4, -0.2) is 24.6 Å². The number of aromatic nitrogens is 2. The smallest absolute Gasteiger partial charge is 0.349 e. The quantitative estimate of drug-likeness (QED) is 0.527. The molecule has 0 atom stereocenters. The molecule has 1 rings (SSSR count). The van der Waals surface area contributed by atoms with Crippen molar-refractivity contribution in [3.05, 3.63) is 18.2 Å². The third kappa shape index (κ3) is 11.3. The molecule has 13 heavy (non-hydrogen) atoms. The Hall–Kier alpha value is -0.680. The van der Waals surface area contributed by atoms with Gasteiger partial charge in [-0.25, -0.2) is 9.55 Å². The van der Waals surface area contributed by atoms with Crippen molar-refractivity contribution in [1.29, 1.82) is 0 Å². The Bertz CT molecular complexity index is 247. The first-order valence-corrected chi connectivity index (χ1v) is 5.26. The summed E-state index contributed by atoms with van der Waals surface area (Å²) in [6, 6.07) is 0. The van der Waals surface area contributed by atoms with E-state index >= 15 is 0 Å². The first kappa shape index (κ1) is 12.3. The number of nitrogens with one attached hydrogen (secondary N) is 1. The van der Waals surface area contributed by atoms with Gasteiger partial charge in [0.1, 0.15) is 5.82 Å². The van der Waals surface area contributed by atoms with E-state index in [1.165, 1.54) is 0 Å². The van der Waals surface area contributed by atoms with E-state index < -0.39 is 7.82 Å². The Balaban J connectivity index is 0.000000252. The van der Waals surface area contributed by atoms with Gasteiger partial charge in [0.15, 0.2) is 0 Å². The molecule has 0 saturated heterocycles. The summed E-state index contributed by atoms with van der Waals surface area (Å²) in [6.45, 7) is 2.14. The molecule has 0 spiro atoms. The molecule has 76 valence electrons. The highest BCUT2D eigenvalue weighted by Gasteiger charge is 2.00. The maximum Gasteiger partial charge on any atom is 0.466 e. The van der Waals surface area contributed by atoms with Gasteiger partial charge in [-0.3, -0.25) is 0 Å². The molecule has 0 bridgehead atoms. The monoisotopic (exact) mass is 208 g/mol. The Labute approximate surface area is 75.9 Å². The summed E-state index contributed by atoms with van der Waals surface area (Å²) in [6.07, 6.45) is 5.86. The minimum Gasteiger partial charge on any atom is -0.349 e. The number of hydrogen-bond acceptors (Lipinski definition) is 2. The average Bonchev–Trinajstić information content (AvgIpc) is 2.36. The van der Waals surface area contributed by atoms with Crippen LogP contribution in [0.25, 0.3) is 0 Å². The predicted octanol–water partition coefficient (Wildman–Crippen LogP) is 0.434. The molecule has 1 heterocycles. The number of aromatic amines is 1. The van der Waals surface area contributed by atoms with Crippen molar-refractivity contribution in [3.8, 4) is 0 Å². The second-order valence-corrected chi connectivity index (χ2v) is 3.33. The summed E-state index contributed by atoms with van der Waals surface area (Å²) in [5, 5.41) is 0. The maximum absolute atomic E-state index is 8.88. The molecule has 0 aliphatic heterocycles. The second-order valence-electron chi connectivity index (χ2n) is 2.30. The summed E-state index contributed by atoms with van der Waals surface area (Å²) >= 11 is 0. The summed E-state index contributed by atoms with van der Waals surface area (Å²) in [5.74, 6) is 1.09. The Morgan fingerprint density at radius 1 is 1.54 bits per heavy atom. The van der Waals surface area contributed by atoms with E-state index in [-0.39, 0.29) is 0 Å². The van der Waals surface area contributed by atoms with Crippen molar-refractivity contribution in [1.82, 2.24) is 9.97 Å². The zero-order valence-electron chi connectivity index (χ0n) is 7.21. The van der Waals surface area contributed by atoms with Gasteiger partial charge in [-0.1, -0.05) is 6.92 Å². The van der Waals surface area contributed by atoms with Gasteiger partial charge in [0.25, 0.3) is 0 Å². The van der Waals surface area contributed by atoms with Crippen LogP contribution in [0.5, 0.6) is 0 Å². The van der Waals surface area contributed by atoms with Gasteiger partial charge in [0.05, 0.1) is 0 Å². The van der Waals surface area contributed by atoms with E-state index in [1.807, 2.05) is 6.20 Å². The van der Waals surface area contributed by atoms with E-state index in [0.29, 0.717) is 0 Å². The first-order valence-electron chi connectivity index (χ1n) is 3.70. The third-order valence-electron chi connectivity index (χ3n) is 1.04. The third-order valence-corrected chi connectivity index (χ3v) is 1.04. The van der Waals surface area contributed by atoms with Crippen LogP contribution in [0.2, 0.25) is 0 Å². The van der Waals surface area contributed by atoms with Crippen LogP contribution in [0, 0.1) is 0 Å². The fourth-order valence-corrected chi connectivity index (χ4v) is 0.671. The molecular formula is C6H13N2O4P. The number of H-pyrrole nitrogens is 1. The van der Waals surface area contributed by atoms with E-state index in [2.05, 4.69) is 16.9 Å². The van der Waals surface area contributed by atoms with Crippen molar-refractivity contribution in [2.24, 2.45) is 0 Å². The molecule has 0 unspecified atom stereocenters. The van der Waals surface area contributed by atoms with Crippen LogP contribution in [0.3, 0.4) is 0 Å². The van der Waals surface area contributed by atoms with Gasteiger partial charge in [-0.2, -0.15) is 0 Å². The molecule has 0 aromatic carbocycles. The highest BCUT2D eigenvalue weighted by molar-refractivity contribution is 7.45. The van der Waals surface area contributed by atoms with E-state index in [9.17, 15) is 0 Å². The lowest BCUT2D eigenvalue weighted by atomic mass is 10.3. The van der Waals surface area contributed by atoms with Crippen LogP contribution in [0.1, 0.15) is 19.2 Å². The molecule has 0 saturated carbocycles. The highest BCUT2D eigenvalue weighted by atomic mass is 31.2. The molecule has 0 fully saturated rings. The van der Waals surface area contributed by atoms with Gasteiger partial charge in [-0.05, 0) is 6.42 Å². The number of aryl methyl sites for hydroxylation is 1. The summed E-state index contributed by atoms with van der Waals surface area (Å²) in [7, 11) is -4.64. The minimum absolute atomic E-state index is 1.06. The number of phosphoric acid groups is 1. The minimum atomic E-state index is -4.64. The van der Waals surface area contributed by atoms with Crippen molar-refractivity contribution in [3.63, 3.8) is 0 Å². The Kier molecular flexibility index (Phi) is 5.57. The molecule has 1 aromatic rings. The van der Waals surface area contributed by atoms with Gasteiger partial charge < -0.3 is 19.7 Å². The largest absolute Gasteiger partial charge is 0.466 e. The molecular weight excluding hydrogens is 195 g/mol. The SMILES string of the molecule is CCCc1ncc[nH]1.O=P(O)(O)O.